The van der Waals surface area contributed by atoms with Crippen molar-refractivity contribution < 1.29 is 0 Å². The number of para-hydroxylation sites is 3. The molecule has 2 nitrogen and oxygen atoms in total. The van der Waals surface area contributed by atoms with Gasteiger partial charge in [-0.2, -0.15) is 0 Å². The summed E-state index contributed by atoms with van der Waals surface area (Å²) in [6.07, 6.45) is 7.10. The zero-order valence-corrected chi connectivity index (χ0v) is 27.7. The van der Waals surface area contributed by atoms with E-state index in [0.717, 1.165) is 23.7 Å². The molecule has 0 N–H and O–H groups in total. The predicted octanol–water partition coefficient (Wildman–Crippen LogP) is 9.26. The van der Waals surface area contributed by atoms with Gasteiger partial charge in [0, 0.05) is 33.9 Å². The van der Waals surface area contributed by atoms with Crippen molar-refractivity contribution in [3.63, 3.8) is 0 Å². The summed E-state index contributed by atoms with van der Waals surface area (Å²) in [7, 11) is 0. The van der Waals surface area contributed by atoms with Crippen molar-refractivity contribution in [3.8, 4) is 0 Å². The topological polar surface area (TPSA) is 6.48 Å². The van der Waals surface area contributed by atoms with Crippen LogP contribution in [0.4, 0.5) is 34.1 Å². The molecule has 0 radical (unpaired) electrons. The Hall–Kier alpha value is -4.24. The molecule has 3 heteroatoms. The van der Waals surface area contributed by atoms with Crippen molar-refractivity contribution in [2.75, 3.05) is 9.80 Å². The van der Waals surface area contributed by atoms with Gasteiger partial charge in [-0.25, -0.2) is 0 Å². The summed E-state index contributed by atoms with van der Waals surface area (Å²) in [5.74, 6) is 3.83. The SMILES string of the molecule is Cc1cccc2c1N(c1cccc(C(C)C)c1)c1cccc3c1B2c1cccc2c1N3c1ccccc1C21C2CC3CC(C2)CC1C3. The molecule has 3 aliphatic heterocycles. The molecule has 4 bridgehead atoms. The Morgan fingerprint density at radius 2 is 1.23 bits per heavy atom. The third kappa shape index (κ3) is 3.24. The first-order chi connectivity index (χ1) is 23.0. The minimum absolute atomic E-state index is 0.119. The highest BCUT2D eigenvalue weighted by Crippen LogP contribution is 2.69. The van der Waals surface area contributed by atoms with Crippen LogP contribution in [-0.4, -0.2) is 6.71 Å². The second-order valence-electron chi connectivity index (χ2n) is 16.0. The van der Waals surface area contributed by atoms with Gasteiger partial charge in [0.25, 0.3) is 6.71 Å². The van der Waals surface area contributed by atoms with Gasteiger partial charge < -0.3 is 9.80 Å². The number of anilines is 6. The molecule has 0 saturated heterocycles. The predicted molar refractivity (Wildman–Crippen MR) is 197 cm³/mol. The lowest BCUT2D eigenvalue weighted by molar-refractivity contribution is -0.0419. The first-order valence-corrected chi connectivity index (χ1v) is 18.2. The zero-order chi connectivity index (χ0) is 31.2. The van der Waals surface area contributed by atoms with Gasteiger partial charge in [-0.05, 0) is 138 Å². The van der Waals surface area contributed by atoms with Gasteiger partial charge in [0.2, 0.25) is 0 Å². The summed E-state index contributed by atoms with van der Waals surface area (Å²) in [5.41, 5.74) is 18.6. The molecular weight excluding hydrogens is 567 g/mol. The van der Waals surface area contributed by atoms with E-state index < -0.39 is 0 Å². The number of nitrogens with zero attached hydrogens (tertiary/aromatic N) is 2. The maximum absolute atomic E-state index is 2.70. The molecular formula is C44H41BN2. The van der Waals surface area contributed by atoms with E-state index in [0.29, 0.717) is 5.92 Å². The highest BCUT2D eigenvalue weighted by molar-refractivity contribution is 7.00. The van der Waals surface area contributed by atoms with Gasteiger partial charge in [-0.1, -0.05) is 86.6 Å². The van der Waals surface area contributed by atoms with E-state index in [4.69, 9.17) is 0 Å². The maximum Gasteiger partial charge on any atom is 0.252 e. The van der Waals surface area contributed by atoms with Crippen LogP contribution in [0.15, 0.2) is 103 Å². The molecule has 4 fully saturated rings. The van der Waals surface area contributed by atoms with Crippen molar-refractivity contribution >= 4 is 57.2 Å². The van der Waals surface area contributed by atoms with Gasteiger partial charge in [0.05, 0.1) is 5.69 Å². The second-order valence-corrected chi connectivity index (χ2v) is 16.0. The van der Waals surface area contributed by atoms with E-state index in [-0.39, 0.29) is 12.1 Å². The monoisotopic (exact) mass is 608 g/mol. The van der Waals surface area contributed by atoms with Gasteiger partial charge in [-0.3, -0.25) is 0 Å². The van der Waals surface area contributed by atoms with E-state index in [1.165, 1.54) is 93.7 Å². The molecule has 0 unspecified atom stereocenters. The van der Waals surface area contributed by atoms with Crippen LogP contribution in [-0.2, 0) is 5.41 Å². The van der Waals surface area contributed by atoms with Crippen LogP contribution in [0.2, 0.25) is 0 Å². The third-order valence-electron chi connectivity index (χ3n) is 13.5. The molecule has 0 amide bonds. The first kappa shape index (κ1) is 26.8. The van der Waals surface area contributed by atoms with Crippen LogP contribution < -0.4 is 26.2 Å². The summed E-state index contributed by atoms with van der Waals surface area (Å²) < 4.78 is 0. The molecule has 47 heavy (non-hydrogen) atoms. The fourth-order valence-corrected chi connectivity index (χ4v) is 12.1. The van der Waals surface area contributed by atoms with E-state index in [1.54, 1.807) is 11.1 Å². The lowest BCUT2D eigenvalue weighted by Crippen LogP contribution is -2.64. The minimum Gasteiger partial charge on any atom is -0.311 e. The fraction of sp³-hybridized carbons (Fsp3) is 0.318. The summed E-state index contributed by atoms with van der Waals surface area (Å²) >= 11 is 0. The highest BCUT2D eigenvalue weighted by atomic mass is 15.2. The molecule has 7 aliphatic rings. The van der Waals surface area contributed by atoms with Crippen molar-refractivity contribution in [1.82, 2.24) is 0 Å². The minimum atomic E-state index is 0.119. The summed E-state index contributed by atoms with van der Waals surface area (Å²) in [4.78, 5) is 5.28. The molecule has 0 aromatic heterocycles. The molecule has 230 valence electrons. The van der Waals surface area contributed by atoms with Crippen LogP contribution in [0.25, 0.3) is 0 Å². The van der Waals surface area contributed by atoms with Crippen LogP contribution in [0.3, 0.4) is 0 Å². The van der Waals surface area contributed by atoms with Gasteiger partial charge in [-0.15, -0.1) is 0 Å². The Kier molecular flexibility index (Phi) is 5.26. The molecule has 1 spiro atoms. The molecule has 4 aliphatic carbocycles. The van der Waals surface area contributed by atoms with E-state index >= 15 is 0 Å². The van der Waals surface area contributed by atoms with Crippen molar-refractivity contribution in [3.05, 3.63) is 125 Å². The van der Waals surface area contributed by atoms with E-state index in [9.17, 15) is 0 Å². The largest absolute Gasteiger partial charge is 0.311 e. The smallest absolute Gasteiger partial charge is 0.252 e. The number of fused-ring (bicyclic) bond motifs is 6. The van der Waals surface area contributed by atoms with Crippen LogP contribution in [0, 0.1) is 30.6 Å². The molecule has 4 saturated carbocycles. The summed E-state index contributed by atoms with van der Waals surface area (Å²) in [6, 6.07) is 40.5. The van der Waals surface area contributed by atoms with E-state index in [2.05, 4.69) is 134 Å². The molecule has 3 heterocycles. The van der Waals surface area contributed by atoms with Crippen LogP contribution in [0.1, 0.15) is 74.1 Å². The fourth-order valence-electron chi connectivity index (χ4n) is 12.1. The highest BCUT2D eigenvalue weighted by Gasteiger charge is 2.62. The third-order valence-corrected chi connectivity index (χ3v) is 13.5. The molecule has 12 rings (SSSR count). The number of benzene rings is 5. The summed E-state index contributed by atoms with van der Waals surface area (Å²) in [5, 5.41) is 0. The first-order valence-electron chi connectivity index (χ1n) is 18.2. The zero-order valence-electron chi connectivity index (χ0n) is 27.7. The average Bonchev–Trinajstić information content (AvgIpc) is 3.09. The van der Waals surface area contributed by atoms with Crippen molar-refractivity contribution in [2.45, 2.75) is 64.2 Å². The van der Waals surface area contributed by atoms with Crippen molar-refractivity contribution in [2.24, 2.45) is 23.7 Å². The molecule has 5 aromatic rings. The van der Waals surface area contributed by atoms with Gasteiger partial charge in [0.15, 0.2) is 0 Å². The van der Waals surface area contributed by atoms with Crippen molar-refractivity contribution in [1.29, 1.82) is 0 Å². The standard InChI is InChI=1S/C44H41BN2/c1-26(2)30-11-7-12-33(25-30)46-39-18-9-19-40-41(39)45(36-15-6-10-27(3)42(36)46)37-16-8-14-35-43(37)47(40)38-17-5-4-13-34(38)44(35)31-21-28-20-29(23-31)24-32(44)22-28/h4-19,25-26,28-29,31-32H,20-24H2,1-3H3. The Morgan fingerprint density at radius 1 is 0.617 bits per heavy atom. The Labute approximate surface area is 279 Å². The second kappa shape index (κ2) is 9.22. The average molecular weight is 609 g/mol. The maximum atomic E-state index is 2.70. The number of hydrogen-bond donors (Lipinski definition) is 0. The van der Waals surface area contributed by atoms with E-state index in [1.807, 2.05) is 0 Å². The number of hydrogen-bond acceptors (Lipinski definition) is 2. The van der Waals surface area contributed by atoms with Gasteiger partial charge >= 0.3 is 0 Å². The van der Waals surface area contributed by atoms with Gasteiger partial charge in [0.1, 0.15) is 0 Å². The number of aryl methyl sites for hydroxylation is 1. The Balaban J connectivity index is 1.22. The summed E-state index contributed by atoms with van der Waals surface area (Å²) in [6.45, 7) is 7.11. The van der Waals surface area contributed by atoms with Crippen LogP contribution >= 0.6 is 0 Å². The Morgan fingerprint density at radius 3 is 2.00 bits per heavy atom. The normalized spacial score (nSPS) is 26.8. The Bertz CT molecular complexity index is 2120. The lowest BCUT2D eigenvalue weighted by Gasteiger charge is -2.64. The molecule has 5 aromatic carbocycles. The number of rotatable bonds is 2. The van der Waals surface area contributed by atoms with Crippen LogP contribution in [0.5, 0.6) is 0 Å². The lowest BCUT2D eigenvalue weighted by atomic mass is 9.32. The quantitative estimate of drug-likeness (QED) is 0.181. The molecule has 0 atom stereocenters.